The zero-order valence-corrected chi connectivity index (χ0v) is 12.2. The van der Waals surface area contributed by atoms with E-state index in [1.807, 2.05) is 43.0 Å². The molecule has 1 N–H and O–H groups in total. The second kappa shape index (κ2) is 7.43. The molecule has 0 radical (unpaired) electrons. The highest BCUT2D eigenvalue weighted by molar-refractivity contribution is 7.99. The van der Waals surface area contributed by atoms with Gasteiger partial charge in [0.05, 0.1) is 12.2 Å². The number of nitrogens with one attached hydrogen (secondary N) is 1. The lowest BCUT2D eigenvalue weighted by Crippen LogP contribution is -2.25. The van der Waals surface area contributed by atoms with E-state index in [0.29, 0.717) is 18.2 Å². The first-order valence-corrected chi connectivity index (χ1v) is 8.06. The number of ether oxygens (including phenoxy) is 1. The lowest BCUT2D eigenvalue weighted by Gasteiger charge is -2.23. The zero-order valence-electron chi connectivity index (χ0n) is 11.4. The van der Waals surface area contributed by atoms with Crippen molar-refractivity contribution >= 4 is 23.4 Å². The maximum atomic E-state index is 11.7. The summed E-state index contributed by atoms with van der Waals surface area (Å²) in [5.74, 6) is 2.21. The van der Waals surface area contributed by atoms with Gasteiger partial charge in [0.15, 0.2) is 0 Å². The number of carbonyl (C=O) groups is 1. The van der Waals surface area contributed by atoms with Crippen LogP contribution in [0.5, 0.6) is 0 Å². The molecule has 1 aromatic rings. The van der Waals surface area contributed by atoms with Gasteiger partial charge in [-0.2, -0.15) is 11.8 Å². The van der Waals surface area contributed by atoms with Crippen molar-refractivity contribution in [1.82, 2.24) is 0 Å². The number of thioether (sulfide) groups is 1. The molecule has 1 saturated heterocycles. The lowest BCUT2D eigenvalue weighted by molar-refractivity contribution is 0.0505. The van der Waals surface area contributed by atoms with Gasteiger partial charge in [-0.05, 0) is 49.3 Å². The van der Waals surface area contributed by atoms with E-state index in [2.05, 4.69) is 5.32 Å². The van der Waals surface area contributed by atoms with Crippen molar-refractivity contribution in [2.75, 3.05) is 23.4 Å². The molecule has 0 spiro atoms. The second-order valence-corrected chi connectivity index (χ2v) is 5.92. The highest BCUT2D eigenvalue weighted by Crippen LogP contribution is 2.21. The molecule has 1 aromatic carbocycles. The van der Waals surface area contributed by atoms with Crippen LogP contribution in [0.3, 0.4) is 0 Å². The van der Waals surface area contributed by atoms with Crippen LogP contribution in [0.4, 0.5) is 5.69 Å². The van der Waals surface area contributed by atoms with Crippen LogP contribution in [0.25, 0.3) is 0 Å². The standard InChI is InChI=1S/C15H21NO2S/c1-2-9-18-15(17)12-5-7-13(8-6-12)16-14-4-3-10-19-11-14/h5-8,14,16H,2-4,9-11H2,1H3. The molecule has 1 unspecified atom stereocenters. The molecule has 1 aliphatic rings. The van der Waals surface area contributed by atoms with Gasteiger partial charge in [0.25, 0.3) is 0 Å². The fourth-order valence-electron chi connectivity index (χ4n) is 2.07. The van der Waals surface area contributed by atoms with E-state index in [1.54, 1.807) is 0 Å². The summed E-state index contributed by atoms with van der Waals surface area (Å²) in [6, 6.07) is 8.13. The van der Waals surface area contributed by atoms with Crippen molar-refractivity contribution in [3.63, 3.8) is 0 Å². The van der Waals surface area contributed by atoms with Gasteiger partial charge in [-0.1, -0.05) is 6.92 Å². The first kappa shape index (κ1) is 14.3. The summed E-state index contributed by atoms with van der Waals surface area (Å²) in [6.07, 6.45) is 3.36. The Balaban J connectivity index is 1.88. The summed E-state index contributed by atoms with van der Waals surface area (Å²) in [7, 11) is 0. The number of rotatable bonds is 5. The third-order valence-electron chi connectivity index (χ3n) is 3.09. The van der Waals surface area contributed by atoms with Crippen molar-refractivity contribution < 1.29 is 9.53 Å². The third-order valence-corrected chi connectivity index (χ3v) is 4.30. The van der Waals surface area contributed by atoms with Crippen molar-refractivity contribution in [2.45, 2.75) is 32.2 Å². The molecule has 4 heteroatoms. The van der Waals surface area contributed by atoms with Gasteiger partial charge in [-0.3, -0.25) is 0 Å². The predicted molar refractivity (Wildman–Crippen MR) is 81.0 cm³/mol. The Bertz CT molecular complexity index is 399. The molecular weight excluding hydrogens is 258 g/mol. The average molecular weight is 279 g/mol. The summed E-state index contributed by atoms with van der Waals surface area (Å²) in [5.41, 5.74) is 1.71. The van der Waals surface area contributed by atoms with Crippen LogP contribution in [-0.2, 0) is 4.74 Å². The maximum Gasteiger partial charge on any atom is 0.338 e. The summed E-state index contributed by atoms with van der Waals surface area (Å²) in [4.78, 5) is 11.7. The highest BCUT2D eigenvalue weighted by atomic mass is 32.2. The van der Waals surface area contributed by atoms with E-state index >= 15 is 0 Å². The van der Waals surface area contributed by atoms with Gasteiger partial charge in [-0.25, -0.2) is 4.79 Å². The smallest absolute Gasteiger partial charge is 0.338 e. The summed E-state index contributed by atoms with van der Waals surface area (Å²) < 4.78 is 5.10. The molecule has 19 heavy (non-hydrogen) atoms. The Kier molecular flexibility index (Phi) is 5.58. The van der Waals surface area contributed by atoms with Crippen molar-refractivity contribution in [3.8, 4) is 0 Å². The zero-order chi connectivity index (χ0) is 13.5. The van der Waals surface area contributed by atoms with E-state index in [0.717, 1.165) is 12.1 Å². The molecule has 1 fully saturated rings. The number of hydrogen-bond acceptors (Lipinski definition) is 4. The second-order valence-electron chi connectivity index (χ2n) is 4.77. The Morgan fingerprint density at radius 1 is 1.42 bits per heavy atom. The van der Waals surface area contributed by atoms with Crippen molar-refractivity contribution in [1.29, 1.82) is 0 Å². The molecule has 0 bridgehead atoms. The van der Waals surface area contributed by atoms with Gasteiger partial charge in [-0.15, -0.1) is 0 Å². The van der Waals surface area contributed by atoms with E-state index in [4.69, 9.17) is 4.74 Å². The Morgan fingerprint density at radius 2 is 2.21 bits per heavy atom. The Labute approximate surface area is 119 Å². The molecule has 0 saturated carbocycles. The normalized spacial score (nSPS) is 18.9. The minimum Gasteiger partial charge on any atom is -0.462 e. The molecule has 0 aromatic heterocycles. The van der Waals surface area contributed by atoms with Crippen molar-refractivity contribution in [2.24, 2.45) is 0 Å². The molecule has 1 atom stereocenters. The van der Waals surface area contributed by atoms with Gasteiger partial charge in [0.1, 0.15) is 0 Å². The SMILES string of the molecule is CCCOC(=O)c1ccc(NC2CCCSC2)cc1. The van der Waals surface area contributed by atoms with E-state index < -0.39 is 0 Å². The molecule has 0 amide bonds. The third kappa shape index (κ3) is 4.46. The summed E-state index contributed by atoms with van der Waals surface area (Å²) in [5, 5.41) is 3.52. The summed E-state index contributed by atoms with van der Waals surface area (Å²) >= 11 is 2.00. The van der Waals surface area contributed by atoms with Gasteiger partial charge in [0.2, 0.25) is 0 Å². The van der Waals surface area contributed by atoms with Crippen LogP contribution in [0.2, 0.25) is 0 Å². The monoisotopic (exact) mass is 279 g/mol. The molecule has 3 nitrogen and oxygen atoms in total. The van der Waals surface area contributed by atoms with E-state index in [-0.39, 0.29) is 5.97 Å². The minimum atomic E-state index is -0.235. The molecule has 104 valence electrons. The molecule has 1 heterocycles. The molecule has 0 aliphatic carbocycles. The first-order chi connectivity index (χ1) is 9.29. The molecule has 2 rings (SSSR count). The number of esters is 1. The van der Waals surface area contributed by atoms with Crippen molar-refractivity contribution in [3.05, 3.63) is 29.8 Å². The van der Waals surface area contributed by atoms with E-state index in [1.165, 1.54) is 24.3 Å². The van der Waals surface area contributed by atoms with Crippen LogP contribution >= 0.6 is 11.8 Å². The quantitative estimate of drug-likeness (QED) is 0.836. The largest absolute Gasteiger partial charge is 0.462 e. The lowest BCUT2D eigenvalue weighted by atomic mass is 10.1. The number of hydrogen-bond donors (Lipinski definition) is 1. The van der Waals surface area contributed by atoms with Gasteiger partial charge < -0.3 is 10.1 Å². The summed E-state index contributed by atoms with van der Waals surface area (Å²) in [6.45, 7) is 2.47. The topological polar surface area (TPSA) is 38.3 Å². The first-order valence-electron chi connectivity index (χ1n) is 6.91. The number of anilines is 1. The fraction of sp³-hybridized carbons (Fsp3) is 0.533. The van der Waals surface area contributed by atoms with Crippen LogP contribution < -0.4 is 5.32 Å². The highest BCUT2D eigenvalue weighted by Gasteiger charge is 2.13. The minimum absolute atomic E-state index is 0.235. The van der Waals surface area contributed by atoms with Crippen LogP contribution in [0.15, 0.2) is 24.3 Å². The fourth-order valence-corrected chi connectivity index (χ4v) is 3.14. The molecular formula is C15H21NO2S. The Morgan fingerprint density at radius 3 is 2.84 bits per heavy atom. The average Bonchev–Trinajstić information content (AvgIpc) is 2.46. The van der Waals surface area contributed by atoms with Crippen LogP contribution in [0.1, 0.15) is 36.5 Å². The predicted octanol–water partition coefficient (Wildman–Crippen LogP) is 3.56. The number of carbonyl (C=O) groups excluding carboxylic acids is 1. The van der Waals surface area contributed by atoms with Gasteiger partial charge in [0, 0.05) is 17.5 Å². The van der Waals surface area contributed by atoms with Crippen LogP contribution in [-0.4, -0.2) is 30.1 Å². The number of benzene rings is 1. The Hall–Kier alpha value is -1.16. The maximum absolute atomic E-state index is 11.7. The van der Waals surface area contributed by atoms with E-state index in [9.17, 15) is 4.79 Å². The molecule has 1 aliphatic heterocycles. The van der Waals surface area contributed by atoms with Gasteiger partial charge >= 0.3 is 5.97 Å². The van der Waals surface area contributed by atoms with Crippen LogP contribution in [0, 0.1) is 0 Å².